The molecule has 94 valence electrons. The van der Waals surface area contributed by atoms with Gasteiger partial charge < -0.3 is 11.1 Å². The van der Waals surface area contributed by atoms with Crippen LogP contribution in [-0.4, -0.2) is 12.5 Å². The first-order chi connectivity index (χ1) is 8.13. The number of amides is 1. The lowest BCUT2D eigenvalue weighted by atomic mass is 10.1. The minimum absolute atomic E-state index is 0.0117. The fourth-order valence-corrected chi connectivity index (χ4v) is 1.70. The van der Waals surface area contributed by atoms with Gasteiger partial charge in [0.1, 0.15) is 0 Å². The van der Waals surface area contributed by atoms with Gasteiger partial charge in [0.25, 0.3) is 0 Å². The molecule has 1 aromatic carbocycles. The van der Waals surface area contributed by atoms with Crippen molar-refractivity contribution in [3.8, 4) is 0 Å². The molecule has 4 heteroatoms. The van der Waals surface area contributed by atoms with Crippen LogP contribution >= 0.6 is 11.6 Å². The van der Waals surface area contributed by atoms with E-state index in [-0.39, 0.29) is 11.9 Å². The largest absolute Gasteiger partial charge is 0.350 e. The van der Waals surface area contributed by atoms with Crippen molar-refractivity contribution in [1.29, 1.82) is 0 Å². The summed E-state index contributed by atoms with van der Waals surface area (Å²) >= 11 is 5.81. The van der Waals surface area contributed by atoms with Gasteiger partial charge in [0.2, 0.25) is 5.91 Å². The number of hydrogen-bond acceptors (Lipinski definition) is 2. The highest BCUT2D eigenvalue weighted by Gasteiger charge is 2.08. The van der Waals surface area contributed by atoms with Crippen molar-refractivity contribution in [1.82, 2.24) is 5.32 Å². The van der Waals surface area contributed by atoms with Gasteiger partial charge in [0.05, 0.1) is 6.04 Å². The van der Waals surface area contributed by atoms with Gasteiger partial charge in [0.15, 0.2) is 0 Å². The summed E-state index contributed by atoms with van der Waals surface area (Å²) in [5.74, 6) is 0.0703. The maximum Gasteiger partial charge on any atom is 0.220 e. The lowest BCUT2D eigenvalue weighted by Gasteiger charge is -2.14. The average molecular weight is 255 g/mol. The topological polar surface area (TPSA) is 55.1 Å². The Morgan fingerprint density at radius 2 is 2.00 bits per heavy atom. The van der Waals surface area contributed by atoms with Gasteiger partial charge in [-0.2, -0.15) is 0 Å². The molecule has 1 rings (SSSR count). The second-order valence-corrected chi connectivity index (χ2v) is 4.52. The van der Waals surface area contributed by atoms with Crippen LogP contribution in [0.5, 0.6) is 0 Å². The smallest absolute Gasteiger partial charge is 0.220 e. The molecule has 0 unspecified atom stereocenters. The zero-order valence-corrected chi connectivity index (χ0v) is 10.8. The predicted octanol–water partition coefficient (Wildman–Crippen LogP) is 2.65. The van der Waals surface area contributed by atoms with E-state index in [9.17, 15) is 4.79 Å². The molecule has 1 amide bonds. The van der Waals surface area contributed by atoms with E-state index in [1.54, 1.807) is 0 Å². The molecule has 0 saturated carbocycles. The lowest BCUT2D eigenvalue weighted by Crippen LogP contribution is -2.26. The van der Waals surface area contributed by atoms with Crippen LogP contribution in [-0.2, 0) is 4.79 Å². The summed E-state index contributed by atoms with van der Waals surface area (Å²) in [5, 5.41) is 3.66. The van der Waals surface area contributed by atoms with E-state index in [0.717, 1.165) is 18.4 Å². The summed E-state index contributed by atoms with van der Waals surface area (Å²) < 4.78 is 0. The summed E-state index contributed by atoms with van der Waals surface area (Å²) in [6.45, 7) is 2.60. The number of nitrogens with two attached hydrogens (primary N) is 1. The molecule has 0 radical (unpaired) electrons. The van der Waals surface area contributed by atoms with Crippen molar-refractivity contribution in [2.24, 2.45) is 5.73 Å². The van der Waals surface area contributed by atoms with E-state index in [4.69, 9.17) is 17.3 Å². The van der Waals surface area contributed by atoms with Crippen molar-refractivity contribution in [3.63, 3.8) is 0 Å². The van der Waals surface area contributed by atoms with Gasteiger partial charge in [-0.3, -0.25) is 4.79 Å². The number of carbonyl (C=O) groups is 1. The average Bonchev–Trinajstić information content (AvgIpc) is 2.30. The molecule has 0 saturated heterocycles. The van der Waals surface area contributed by atoms with Crippen LogP contribution in [0.25, 0.3) is 0 Å². The Bertz CT molecular complexity index is 351. The van der Waals surface area contributed by atoms with Crippen molar-refractivity contribution in [2.45, 2.75) is 32.2 Å². The molecular formula is C13H19ClN2O. The zero-order chi connectivity index (χ0) is 12.7. The van der Waals surface area contributed by atoms with Crippen LogP contribution in [0.4, 0.5) is 0 Å². The number of halogens is 1. The third kappa shape index (κ3) is 5.20. The Balaban J connectivity index is 2.40. The maximum absolute atomic E-state index is 11.6. The van der Waals surface area contributed by atoms with Crippen LogP contribution in [0.2, 0.25) is 5.02 Å². The molecular weight excluding hydrogens is 236 g/mol. The van der Waals surface area contributed by atoms with Gasteiger partial charge >= 0.3 is 0 Å². The summed E-state index contributed by atoms with van der Waals surface area (Å²) in [5.41, 5.74) is 6.43. The maximum atomic E-state index is 11.6. The SMILES string of the molecule is C[C@@H](NC(=O)CCCCN)c1ccc(Cl)cc1. The third-order valence-corrected chi connectivity index (χ3v) is 2.86. The standard InChI is InChI=1S/C13H19ClN2O/c1-10(11-5-7-12(14)8-6-11)16-13(17)4-2-3-9-15/h5-8,10H,2-4,9,15H2,1H3,(H,16,17)/t10-/m1/s1. The molecule has 0 bridgehead atoms. The quantitative estimate of drug-likeness (QED) is 0.767. The Kier molecular flexibility index (Phi) is 6.01. The number of nitrogens with one attached hydrogen (secondary N) is 1. The lowest BCUT2D eigenvalue weighted by molar-refractivity contribution is -0.121. The van der Waals surface area contributed by atoms with Crippen molar-refractivity contribution in [3.05, 3.63) is 34.9 Å². The Morgan fingerprint density at radius 1 is 1.35 bits per heavy atom. The van der Waals surface area contributed by atoms with E-state index >= 15 is 0 Å². The molecule has 0 aliphatic carbocycles. The second kappa shape index (κ2) is 7.30. The van der Waals surface area contributed by atoms with Gasteiger partial charge in [-0.15, -0.1) is 0 Å². The number of hydrogen-bond donors (Lipinski definition) is 2. The van der Waals surface area contributed by atoms with E-state index in [1.165, 1.54) is 0 Å². The highest BCUT2D eigenvalue weighted by molar-refractivity contribution is 6.30. The summed E-state index contributed by atoms with van der Waals surface area (Å²) in [4.78, 5) is 11.6. The molecule has 0 aromatic heterocycles. The normalized spacial score (nSPS) is 12.2. The van der Waals surface area contributed by atoms with E-state index in [1.807, 2.05) is 31.2 Å². The molecule has 0 spiro atoms. The summed E-state index contributed by atoms with van der Waals surface area (Å²) in [6, 6.07) is 7.51. The molecule has 17 heavy (non-hydrogen) atoms. The summed E-state index contributed by atoms with van der Waals surface area (Å²) in [6.07, 6.45) is 2.27. The number of carbonyl (C=O) groups excluding carboxylic acids is 1. The fraction of sp³-hybridized carbons (Fsp3) is 0.462. The Hall–Kier alpha value is -1.06. The van der Waals surface area contributed by atoms with Crippen molar-refractivity contribution < 1.29 is 4.79 Å². The number of unbranched alkanes of at least 4 members (excludes halogenated alkanes) is 1. The van der Waals surface area contributed by atoms with Crippen LogP contribution in [0.3, 0.4) is 0 Å². The predicted molar refractivity (Wildman–Crippen MR) is 70.9 cm³/mol. The molecule has 0 heterocycles. The van der Waals surface area contributed by atoms with Crippen LogP contribution in [0.1, 0.15) is 37.8 Å². The zero-order valence-electron chi connectivity index (χ0n) is 10.1. The fourth-order valence-electron chi connectivity index (χ4n) is 1.58. The van der Waals surface area contributed by atoms with Crippen LogP contribution in [0.15, 0.2) is 24.3 Å². The highest BCUT2D eigenvalue weighted by Crippen LogP contribution is 2.16. The van der Waals surface area contributed by atoms with Crippen LogP contribution in [0, 0.1) is 0 Å². The van der Waals surface area contributed by atoms with Gasteiger partial charge in [-0.1, -0.05) is 23.7 Å². The van der Waals surface area contributed by atoms with E-state index in [2.05, 4.69) is 5.32 Å². The van der Waals surface area contributed by atoms with Gasteiger partial charge in [0, 0.05) is 11.4 Å². The van der Waals surface area contributed by atoms with Crippen molar-refractivity contribution >= 4 is 17.5 Å². The molecule has 3 N–H and O–H groups in total. The van der Waals surface area contributed by atoms with Gasteiger partial charge in [-0.05, 0) is 44.0 Å². The van der Waals surface area contributed by atoms with Crippen LogP contribution < -0.4 is 11.1 Å². The monoisotopic (exact) mass is 254 g/mol. The molecule has 0 fully saturated rings. The first-order valence-electron chi connectivity index (χ1n) is 5.88. The third-order valence-electron chi connectivity index (χ3n) is 2.61. The second-order valence-electron chi connectivity index (χ2n) is 4.09. The van der Waals surface area contributed by atoms with Crippen molar-refractivity contribution in [2.75, 3.05) is 6.54 Å². The Morgan fingerprint density at radius 3 is 2.59 bits per heavy atom. The molecule has 1 aromatic rings. The van der Waals surface area contributed by atoms with E-state index < -0.39 is 0 Å². The first-order valence-corrected chi connectivity index (χ1v) is 6.26. The minimum atomic E-state index is 0.0117. The number of rotatable bonds is 6. The molecule has 3 nitrogen and oxygen atoms in total. The number of benzene rings is 1. The van der Waals surface area contributed by atoms with Gasteiger partial charge in [-0.25, -0.2) is 0 Å². The first kappa shape index (κ1) is 14.0. The molecule has 0 aliphatic rings. The minimum Gasteiger partial charge on any atom is -0.350 e. The molecule has 0 aliphatic heterocycles. The molecule has 1 atom stereocenters. The highest BCUT2D eigenvalue weighted by atomic mass is 35.5. The summed E-state index contributed by atoms with van der Waals surface area (Å²) in [7, 11) is 0. The Labute approximate surface area is 107 Å². The van der Waals surface area contributed by atoms with E-state index in [0.29, 0.717) is 18.0 Å².